The van der Waals surface area contributed by atoms with Crippen LogP contribution in [-0.4, -0.2) is 18.5 Å². The lowest BCUT2D eigenvalue weighted by atomic mass is 10.1. The third-order valence-corrected chi connectivity index (χ3v) is 3.64. The van der Waals surface area contributed by atoms with E-state index in [0.717, 1.165) is 29.9 Å². The molecule has 17 heavy (non-hydrogen) atoms. The molecule has 2 nitrogen and oxygen atoms in total. The van der Waals surface area contributed by atoms with E-state index in [2.05, 4.69) is 22.9 Å². The number of benzene rings is 1. The van der Waals surface area contributed by atoms with Crippen molar-refractivity contribution in [2.45, 2.75) is 26.7 Å². The Labute approximate surface area is 112 Å². The zero-order valence-electron chi connectivity index (χ0n) is 10.6. The van der Waals surface area contributed by atoms with Crippen molar-refractivity contribution >= 4 is 15.9 Å². The summed E-state index contributed by atoms with van der Waals surface area (Å²) in [6.45, 7) is 5.60. The minimum atomic E-state index is 0.666. The van der Waals surface area contributed by atoms with E-state index in [0.29, 0.717) is 12.5 Å². The smallest absolute Gasteiger partial charge is 0.161 e. The first kappa shape index (κ1) is 14.4. The third-order valence-electron chi connectivity index (χ3n) is 2.73. The van der Waals surface area contributed by atoms with Crippen LogP contribution in [-0.2, 0) is 0 Å². The highest BCUT2D eigenvalue weighted by Crippen LogP contribution is 2.26. The molecular formula is C14H21BrO2. The fourth-order valence-electron chi connectivity index (χ4n) is 1.57. The molecule has 1 atom stereocenters. The van der Waals surface area contributed by atoms with Crippen LogP contribution in [0.5, 0.6) is 11.5 Å². The summed E-state index contributed by atoms with van der Waals surface area (Å²) in [6, 6.07) is 7.84. The van der Waals surface area contributed by atoms with E-state index in [9.17, 15) is 0 Å². The van der Waals surface area contributed by atoms with Crippen LogP contribution < -0.4 is 9.47 Å². The Morgan fingerprint density at radius 3 is 2.29 bits per heavy atom. The molecule has 1 aromatic carbocycles. The molecule has 0 spiro atoms. The summed E-state index contributed by atoms with van der Waals surface area (Å²) >= 11 is 3.52. The number of hydrogen-bond donors (Lipinski definition) is 0. The number of rotatable bonds is 8. The third kappa shape index (κ3) is 4.99. The zero-order valence-corrected chi connectivity index (χ0v) is 12.2. The van der Waals surface area contributed by atoms with E-state index in [-0.39, 0.29) is 0 Å². The molecule has 0 radical (unpaired) electrons. The van der Waals surface area contributed by atoms with Gasteiger partial charge >= 0.3 is 0 Å². The number of hydrogen-bond acceptors (Lipinski definition) is 2. The largest absolute Gasteiger partial charge is 0.490 e. The molecule has 0 aromatic heterocycles. The van der Waals surface area contributed by atoms with Gasteiger partial charge in [0, 0.05) is 5.33 Å². The van der Waals surface area contributed by atoms with Gasteiger partial charge < -0.3 is 9.47 Å². The summed E-state index contributed by atoms with van der Waals surface area (Å²) in [5.74, 6) is 2.37. The average Bonchev–Trinajstić information content (AvgIpc) is 2.37. The molecule has 0 fully saturated rings. The Bertz CT molecular complexity index is 311. The van der Waals surface area contributed by atoms with Gasteiger partial charge in [0.25, 0.3) is 0 Å². The van der Waals surface area contributed by atoms with E-state index in [4.69, 9.17) is 9.47 Å². The van der Waals surface area contributed by atoms with Gasteiger partial charge in [-0.3, -0.25) is 0 Å². The zero-order chi connectivity index (χ0) is 12.5. The molecule has 0 amide bonds. The summed E-state index contributed by atoms with van der Waals surface area (Å²) < 4.78 is 11.3. The predicted octanol–water partition coefficient (Wildman–Crippen LogP) is 4.28. The van der Waals surface area contributed by atoms with Gasteiger partial charge in [0.15, 0.2) is 11.5 Å². The minimum Gasteiger partial charge on any atom is -0.490 e. The summed E-state index contributed by atoms with van der Waals surface area (Å²) in [7, 11) is 0. The van der Waals surface area contributed by atoms with Crippen LogP contribution in [0.3, 0.4) is 0 Å². The standard InChI is InChI=1S/C14H21BrO2/c1-3-12(11-15)9-10-17-14-8-6-5-7-13(14)16-4-2/h5-8,12H,3-4,9-11H2,1-2H3. The molecule has 1 aromatic rings. The molecule has 0 saturated carbocycles. The number of ether oxygens (including phenoxy) is 2. The summed E-state index contributed by atoms with van der Waals surface area (Å²) in [6.07, 6.45) is 2.25. The minimum absolute atomic E-state index is 0.666. The maximum Gasteiger partial charge on any atom is 0.161 e. The lowest BCUT2D eigenvalue weighted by Gasteiger charge is -2.14. The lowest BCUT2D eigenvalue weighted by molar-refractivity contribution is 0.258. The van der Waals surface area contributed by atoms with E-state index in [1.54, 1.807) is 0 Å². The van der Waals surface area contributed by atoms with Gasteiger partial charge in [-0.1, -0.05) is 41.4 Å². The quantitative estimate of drug-likeness (QED) is 0.667. The van der Waals surface area contributed by atoms with Crippen LogP contribution in [0.25, 0.3) is 0 Å². The van der Waals surface area contributed by atoms with Gasteiger partial charge in [0.1, 0.15) is 0 Å². The van der Waals surface area contributed by atoms with Crippen molar-refractivity contribution in [2.75, 3.05) is 18.5 Å². The van der Waals surface area contributed by atoms with Crippen molar-refractivity contribution in [3.05, 3.63) is 24.3 Å². The first-order valence-corrected chi connectivity index (χ1v) is 7.34. The second kappa shape index (κ2) is 8.40. The molecule has 0 saturated heterocycles. The van der Waals surface area contributed by atoms with Gasteiger partial charge in [0.2, 0.25) is 0 Å². The summed E-state index contributed by atoms with van der Waals surface area (Å²) in [4.78, 5) is 0. The Hall–Kier alpha value is -0.700. The van der Waals surface area contributed by atoms with Crippen molar-refractivity contribution in [3.8, 4) is 11.5 Å². The van der Waals surface area contributed by atoms with E-state index in [1.807, 2.05) is 31.2 Å². The van der Waals surface area contributed by atoms with Gasteiger partial charge in [-0.25, -0.2) is 0 Å². The van der Waals surface area contributed by atoms with Crippen molar-refractivity contribution in [1.29, 1.82) is 0 Å². The topological polar surface area (TPSA) is 18.5 Å². The van der Waals surface area contributed by atoms with Crippen LogP contribution >= 0.6 is 15.9 Å². The van der Waals surface area contributed by atoms with Gasteiger partial charge in [0.05, 0.1) is 13.2 Å². The monoisotopic (exact) mass is 300 g/mol. The first-order chi connectivity index (χ1) is 8.31. The predicted molar refractivity (Wildman–Crippen MR) is 75.3 cm³/mol. The SMILES string of the molecule is CCOc1ccccc1OCCC(CC)CBr. The average molecular weight is 301 g/mol. The lowest BCUT2D eigenvalue weighted by Crippen LogP contribution is -2.08. The summed E-state index contributed by atoms with van der Waals surface area (Å²) in [5, 5.41) is 1.04. The summed E-state index contributed by atoms with van der Waals surface area (Å²) in [5.41, 5.74) is 0. The molecule has 96 valence electrons. The molecule has 3 heteroatoms. The van der Waals surface area contributed by atoms with Gasteiger partial charge in [-0.05, 0) is 31.4 Å². The highest BCUT2D eigenvalue weighted by molar-refractivity contribution is 9.09. The van der Waals surface area contributed by atoms with Crippen LogP contribution in [0, 0.1) is 5.92 Å². The fraction of sp³-hybridized carbons (Fsp3) is 0.571. The van der Waals surface area contributed by atoms with E-state index in [1.165, 1.54) is 6.42 Å². The molecule has 0 aliphatic carbocycles. The Balaban J connectivity index is 2.45. The highest BCUT2D eigenvalue weighted by Gasteiger charge is 2.06. The molecule has 0 bridgehead atoms. The highest BCUT2D eigenvalue weighted by atomic mass is 79.9. The second-order valence-corrected chi connectivity index (χ2v) is 4.59. The van der Waals surface area contributed by atoms with Crippen molar-refractivity contribution < 1.29 is 9.47 Å². The maximum atomic E-state index is 5.78. The van der Waals surface area contributed by atoms with E-state index >= 15 is 0 Å². The number of halogens is 1. The van der Waals surface area contributed by atoms with Crippen LogP contribution in [0.15, 0.2) is 24.3 Å². The second-order valence-electron chi connectivity index (χ2n) is 3.95. The number of alkyl halides is 1. The number of para-hydroxylation sites is 2. The molecule has 0 aliphatic rings. The molecule has 0 aliphatic heterocycles. The molecule has 1 unspecified atom stereocenters. The fourth-order valence-corrected chi connectivity index (χ4v) is 2.35. The van der Waals surface area contributed by atoms with Crippen LogP contribution in [0.4, 0.5) is 0 Å². The molecule has 1 rings (SSSR count). The molecular weight excluding hydrogens is 280 g/mol. The van der Waals surface area contributed by atoms with Crippen molar-refractivity contribution in [2.24, 2.45) is 5.92 Å². The van der Waals surface area contributed by atoms with E-state index < -0.39 is 0 Å². The van der Waals surface area contributed by atoms with Gasteiger partial charge in [-0.2, -0.15) is 0 Å². The van der Waals surface area contributed by atoms with Gasteiger partial charge in [-0.15, -0.1) is 0 Å². The normalized spacial score (nSPS) is 12.2. The Morgan fingerprint density at radius 1 is 1.12 bits per heavy atom. The first-order valence-electron chi connectivity index (χ1n) is 6.22. The Kier molecular flexibility index (Phi) is 7.10. The van der Waals surface area contributed by atoms with Crippen molar-refractivity contribution in [3.63, 3.8) is 0 Å². The van der Waals surface area contributed by atoms with Crippen molar-refractivity contribution in [1.82, 2.24) is 0 Å². The van der Waals surface area contributed by atoms with Crippen LogP contribution in [0.2, 0.25) is 0 Å². The molecule has 0 heterocycles. The van der Waals surface area contributed by atoms with Crippen LogP contribution in [0.1, 0.15) is 26.7 Å². The Morgan fingerprint density at radius 2 is 1.76 bits per heavy atom. The molecule has 0 N–H and O–H groups in total. The maximum absolute atomic E-state index is 5.78.